The summed E-state index contributed by atoms with van der Waals surface area (Å²) in [7, 11) is 0. The van der Waals surface area contributed by atoms with E-state index in [1.165, 1.54) is 0 Å². The second-order valence-corrected chi connectivity index (χ2v) is 6.05. The van der Waals surface area contributed by atoms with E-state index < -0.39 is 5.97 Å². The third kappa shape index (κ3) is 5.37. The second-order valence-electron chi connectivity index (χ2n) is 6.05. The Labute approximate surface area is 157 Å². The number of carbonyl (C=O) groups excluding carboxylic acids is 1. The zero-order valence-electron chi connectivity index (χ0n) is 15.2. The molecule has 0 saturated heterocycles. The highest BCUT2D eigenvalue weighted by molar-refractivity contribution is 5.89. The average molecular weight is 366 g/mol. The van der Waals surface area contributed by atoms with E-state index in [-0.39, 0.29) is 6.61 Å². The fourth-order valence-electron chi connectivity index (χ4n) is 2.48. The molecule has 0 amide bonds. The van der Waals surface area contributed by atoms with Gasteiger partial charge in [-0.3, -0.25) is 0 Å². The Bertz CT molecular complexity index is 864. The van der Waals surface area contributed by atoms with Crippen LogP contribution in [0.5, 0.6) is 5.75 Å². The maximum Gasteiger partial charge on any atom is 0.338 e. The van der Waals surface area contributed by atoms with Crippen LogP contribution in [-0.2, 0) is 24.5 Å². The fraction of sp³-hybridized carbons (Fsp3) is 0.300. The summed E-state index contributed by atoms with van der Waals surface area (Å²) >= 11 is 0. The van der Waals surface area contributed by atoms with Crippen molar-refractivity contribution in [3.8, 4) is 5.75 Å². The van der Waals surface area contributed by atoms with E-state index >= 15 is 0 Å². The number of nitrogens with zero attached hydrogens (tertiary/aromatic N) is 4. The number of hydrogen-bond acceptors (Lipinski definition) is 6. The Morgan fingerprint density at radius 1 is 1.07 bits per heavy atom. The SMILES string of the molecule is CCCCn1nnnc1COC(=O)c1cccc(OCc2ccccc2)c1. The Morgan fingerprint density at radius 2 is 1.93 bits per heavy atom. The van der Waals surface area contributed by atoms with Gasteiger partial charge in [0.2, 0.25) is 0 Å². The lowest BCUT2D eigenvalue weighted by molar-refractivity contribution is 0.0455. The van der Waals surface area contributed by atoms with Gasteiger partial charge < -0.3 is 9.47 Å². The summed E-state index contributed by atoms with van der Waals surface area (Å²) < 4.78 is 12.8. The second kappa shape index (κ2) is 9.47. The summed E-state index contributed by atoms with van der Waals surface area (Å²) in [6.45, 7) is 3.27. The molecule has 0 unspecified atom stereocenters. The lowest BCUT2D eigenvalue weighted by Crippen LogP contribution is -2.11. The molecule has 0 spiro atoms. The molecule has 0 aliphatic heterocycles. The first kappa shape index (κ1) is 18.6. The van der Waals surface area contributed by atoms with Crippen molar-refractivity contribution in [1.82, 2.24) is 20.2 Å². The van der Waals surface area contributed by atoms with Gasteiger partial charge in [-0.05, 0) is 40.6 Å². The van der Waals surface area contributed by atoms with Crippen molar-refractivity contribution in [3.63, 3.8) is 0 Å². The minimum atomic E-state index is -0.440. The topological polar surface area (TPSA) is 79.1 Å². The van der Waals surface area contributed by atoms with Gasteiger partial charge in [0, 0.05) is 6.54 Å². The molecule has 0 atom stereocenters. The van der Waals surface area contributed by atoms with Crippen molar-refractivity contribution in [2.75, 3.05) is 0 Å². The summed E-state index contributed by atoms with van der Waals surface area (Å²) in [5.41, 5.74) is 1.48. The Morgan fingerprint density at radius 3 is 2.74 bits per heavy atom. The predicted octanol–water partition coefficient (Wildman–Crippen LogP) is 3.41. The third-order valence-corrected chi connectivity index (χ3v) is 3.98. The number of aromatic nitrogens is 4. The molecular formula is C20H22N4O3. The molecule has 0 aliphatic rings. The van der Waals surface area contributed by atoms with Crippen LogP contribution in [0.4, 0.5) is 0 Å². The summed E-state index contributed by atoms with van der Waals surface area (Å²) in [6, 6.07) is 16.8. The van der Waals surface area contributed by atoms with Crippen LogP contribution in [-0.4, -0.2) is 26.2 Å². The maximum atomic E-state index is 12.3. The van der Waals surface area contributed by atoms with Gasteiger partial charge in [-0.15, -0.1) is 5.10 Å². The van der Waals surface area contributed by atoms with Crippen molar-refractivity contribution >= 4 is 5.97 Å². The zero-order valence-corrected chi connectivity index (χ0v) is 15.2. The van der Waals surface area contributed by atoms with Gasteiger partial charge in [-0.2, -0.15) is 0 Å². The van der Waals surface area contributed by atoms with E-state index in [2.05, 4.69) is 22.4 Å². The molecule has 0 saturated carbocycles. The lowest BCUT2D eigenvalue weighted by Gasteiger charge is -2.09. The smallest absolute Gasteiger partial charge is 0.338 e. The summed E-state index contributed by atoms with van der Waals surface area (Å²) in [6.07, 6.45) is 2.00. The van der Waals surface area contributed by atoms with E-state index in [1.54, 1.807) is 22.9 Å². The number of hydrogen-bond donors (Lipinski definition) is 0. The number of benzene rings is 2. The first-order valence-electron chi connectivity index (χ1n) is 8.95. The predicted molar refractivity (Wildman–Crippen MR) is 99.1 cm³/mol. The first-order valence-corrected chi connectivity index (χ1v) is 8.95. The number of rotatable bonds is 9. The first-order chi connectivity index (χ1) is 13.3. The molecule has 7 heteroatoms. The van der Waals surface area contributed by atoms with Crippen LogP contribution in [0, 0.1) is 0 Å². The standard InChI is InChI=1S/C20H22N4O3/c1-2-3-12-24-19(21-22-23-24)15-27-20(25)17-10-7-11-18(13-17)26-14-16-8-5-4-6-9-16/h4-11,13H,2-3,12,14-15H2,1H3. The van der Waals surface area contributed by atoms with Crippen molar-refractivity contribution in [1.29, 1.82) is 0 Å². The van der Waals surface area contributed by atoms with Crippen LogP contribution >= 0.6 is 0 Å². The van der Waals surface area contributed by atoms with Crippen molar-refractivity contribution in [3.05, 3.63) is 71.5 Å². The van der Waals surface area contributed by atoms with E-state index in [0.29, 0.717) is 30.3 Å². The molecule has 0 radical (unpaired) electrons. The third-order valence-electron chi connectivity index (χ3n) is 3.98. The molecule has 1 aromatic heterocycles. The van der Waals surface area contributed by atoms with E-state index in [0.717, 1.165) is 18.4 Å². The zero-order chi connectivity index (χ0) is 18.9. The van der Waals surface area contributed by atoms with Crippen LogP contribution in [0.1, 0.15) is 41.5 Å². The largest absolute Gasteiger partial charge is 0.489 e. The molecule has 27 heavy (non-hydrogen) atoms. The number of carbonyl (C=O) groups is 1. The quantitative estimate of drug-likeness (QED) is 0.540. The van der Waals surface area contributed by atoms with Gasteiger partial charge in [-0.1, -0.05) is 49.7 Å². The fourth-order valence-corrected chi connectivity index (χ4v) is 2.48. The highest BCUT2D eigenvalue weighted by atomic mass is 16.5. The van der Waals surface area contributed by atoms with Gasteiger partial charge in [0.1, 0.15) is 12.4 Å². The highest BCUT2D eigenvalue weighted by Gasteiger charge is 2.12. The molecule has 0 aliphatic carbocycles. The van der Waals surface area contributed by atoms with Crippen molar-refractivity contribution in [2.24, 2.45) is 0 Å². The van der Waals surface area contributed by atoms with Crippen molar-refractivity contribution in [2.45, 2.75) is 39.5 Å². The van der Waals surface area contributed by atoms with E-state index in [1.807, 2.05) is 36.4 Å². The van der Waals surface area contributed by atoms with E-state index in [9.17, 15) is 4.79 Å². The molecule has 0 bridgehead atoms. The number of tetrazole rings is 1. The Kier molecular flexibility index (Phi) is 6.51. The Balaban J connectivity index is 1.56. The number of unbranched alkanes of at least 4 members (excludes halogenated alkanes) is 1. The maximum absolute atomic E-state index is 12.3. The monoisotopic (exact) mass is 366 g/mol. The lowest BCUT2D eigenvalue weighted by atomic mass is 10.2. The molecule has 2 aromatic carbocycles. The number of aryl methyl sites for hydroxylation is 1. The van der Waals surface area contributed by atoms with Crippen LogP contribution in [0.15, 0.2) is 54.6 Å². The highest BCUT2D eigenvalue weighted by Crippen LogP contribution is 2.16. The Hall–Kier alpha value is -3.22. The minimum Gasteiger partial charge on any atom is -0.489 e. The minimum absolute atomic E-state index is 0.0324. The van der Waals surface area contributed by atoms with Gasteiger partial charge in [0.05, 0.1) is 5.56 Å². The molecule has 0 N–H and O–H groups in total. The molecule has 3 aromatic rings. The van der Waals surface area contributed by atoms with Crippen LogP contribution in [0.25, 0.3) is 0 Å². The summed E-state index contributed by atoms with van der Waals surface area (Å²) in [5, 5.41) is 11.5. The van der Waals surface area contributed by atoms with Crippen LogP contribution in [0.3, 0.4) is 0 Å². The average Bonchev–Trinajstić information content (AvgIpc) is 3.17. The van der Waals surface area contributed by atoms with Crippen LogP contribution in [0.2, 0.25) is 0 Å². The molecule has 7 nitrogen and oxygen atoms in total. The molecule has 0 fully saturated rings. The number of esters is 1. The number of ether oxygens (including phenoxy) is 2. The van der Waals surface area contributed by atoms with Crippen LogP contribution < -0.4 is 4.74 Å². The molecule has 1 heterocycles. The molecule has 140 valence electrons. The van der Waals surface area contributed by atoms with Gasteiger partial charge >= 0.3 is 5.97 Å². The molecule has 3 rings (SSSR count). The van der Waals surface area contributed by atoms with Crippen molar-refractivity contribution < 1.29 is 14.3 Å². The summed E-state index contributed by atoms with van der Waals surface area (Å²) in [5.74, 6) is 0.708. The van der Waals surface area contributed by atoms with E-state index in [4.69, 9.17) is 9.47 Å². The van der Waals surface area contributed by atoms with Gasteiger partial charge in [-0.25, -0.2) is 9.48 Å². The van der Waals surface area contributed by atoms with Gasteiger partial charge in [0.15, 0.2) is 12.4 Å². The summed E-state index contributed by atoms with van der Waals surface area (Å²) in [4.78, 5) is 12.3. The normalized spacial score (nSPS) is 10.6. The molecular weight excluding hydrogens is 344 g/mol. The van der Waals surface area contributed by atoms with Gasteiger partial charge in [0.25, 0.3) is 0 Å².